The van der Waals surface area contributed by atoms with E-state index in [0.717, 1.165) is 27.4 Å². The van der Waals surface area contributed by atoms with Crippen molar-refractivity contribution in [3.8, 4) is 0 Å². The van der Waals surface area contributed by atoms with E-state index in [1.54, 1.807) is 77.9 Å². The summed E-state index contributed by atoms with van der Waals surface area (Å²) in [6.07, 6.45) is 4.99. The second kappa shape index (κ2) is 7.61. The van der Waals surface area contributed by atoms with Crippen molar-refractivity contribution in [3.63, 3.8) is 0 Å². The van der Waals surface area contributed by atoms with Gasteiger partial charge in [0.05, 0.1) is 21.5 Å². The molecule has 5 rings (SSSR count). The number of pyridine rings is 1. The van der Waals surface area contributed by atoms with Gasteiger partial charge in [-0.15, -0.1) is 0 Å². The summed E-state index contributed by atoms with van der Waals surface area (Å²) in [6, 6.07) is 15.0. The van der Waals surface area contributed by atoms with Gasteiger partial charge in [0, 0.05) is 42.3 Å². The molecule has 2 aromatic carbocycles. The number of carbonyl (C=O) groups excluding carboxylic acids is 1. The lowest BCUT2D eigenvalue weighted by molar-refractivity contribution is 0.0946. The quantitative estimate of drug-likeness (QED) is 0.432. The fourth-order valence-electron chi connectivity index (χ4n) is 3.60. The molecule has 0 saturated carbocycles. The number of fused-ring (bicyclic) bond motifs is 2. The number of sulfone groups is 1. The van der Waals surface area contributed by atoms with Crippen LogP contribution in [0.2, 0.25) is 0 Å². The Morgan fingerprint density at radius 1 is 1.00 bits per heavy atom. The number of amides is 1. The van der Waals surface area contributed by atoms with Crippen LogP contribution in [0.25, 0.3) is 21.8 Å². The van der Waals surface area contributed by atoms with Crippen LogP contribution in [0.3, 0.4) is 0 Å². The molecular formula is C23H19N5O3S. The lowest BCUT2D eigenvalue weighted by Crippen LogP contribution is -2.23. The van der Waals surface area contributed by atoms with Crippen LogP contribution in [0, 0.1) is 0 Å². The molecule has 2 N–H and O–H groups in total. The summed E-state index contributed by atoms with van der Waals surface area (Å²) >= 11 is 0. The number of hydrogen-bond acceptors (Lipinski definition) is 5. The molecule has 0 spiro atoms. The molecule has 0 bridgehead atoms. The van der Waals surface area contributed by atoms with E-state index in [2.05, 4.69) is 20.4 Å². The molecular weight excluding hydrogens is 426 g/mol. The number of carbonyl (C=O) groups is 1. The Hall–Kier alpha value is -3.98. The molecule has 160 valence electrons. The zero-order chi connectivity index (χ0) is 22.3. The van der Waals surface area contributed by atoms with Crippen molar-refractivity contribution in [2.24, 2.45) is 7.05 Å². The number of aromatic nitrogens is 4. The lowest BCUT2D eigenvalue weighted by atomic mass is 10.2. The van der Waals surface area contributed by atoms with E-state index in [-0.39, 0.29) is 22.2 Å². The number of aryl methyl sites for hydroxylation is 1. The van der Waals surface area contributed by atoms with E-state index in [9.17, 15) is 13.2 Å². The van der Waals surface area contributed by atoms with Crippen LogP contribution in [-0.2, 0) is 23.4 Å². The largest absolute Gasteiger partial charge is 0.350 e. The minimum Gasteiger partial charge on any atom is -0.350 e. The molecule has 0 saturated heterocycles. The van der Waals surface area contributed by atoms with E-state index in [4.69, 9.17) is 0 Å². The van der Waals surface area contributed by atoms with Crippen LogP contribution in [0.15, 0.2) is 83.0 Å². The SMILES string of the molecule is Cn1ncc2cc(S(=O)(=O)c3ccc(CNC(=O)c4cc5cnccc5[nH]4)cc3)ccc21. The molecule has 8 nitrogen and oxygen atoms in total. The summed E-state index contributed by atoms with van der Waals surface area (Å²) < 4.78 is 27.7. The Kier molecular flexibility index (Phi) is 4.75. The van der Waals surface area contributed by atoms with Gasteiger partial charge in [-0.2, -0.15) is 5.10 Å². The Morgan fingerprint density at radius 3 is 2.56 bits per heavy atom. The summed E-state index contributed by atoms with van der Waals surface area (Å²) in [5.41, 5.74) is 2.93. The van der Waals surface area contributed by atoms with Crippen molar-refractivity contribution in [2.45, 2.75) is 16.3 Å². The highest BCUT2D eigenvalue weighted by Crippen LogP contribution is 2.25. The number of nitrogens with zero attached hydrogens (tertiary/aromatic N) is 3. The predicted molar refractivity (Wildman–Crippen MR) is 120 cm³/mol. The van der Waals surface area contributed by atoms with Crippen LogP contribution >= 0.6 is 0 Å². The van der Waals surface area contributed by atoms with Crippen molar-refractivity contribution in [3.05, 3.63) is 84.4 Å². The van der Waals surface area contributed by atoms with Gasteiger partial charge in [0.1, 0.15) is 5.69 Å². The molecule has 32 heavy (non-hydrogen) atoms. The van der Waals surface area contributed by atoms with Crippen molar-refractivity contribution in [2.75, 3.05) is 0 Å². The highest BCUT2D eigenvalue weighted by Gasteiger charge is 2.19. The first kappa shape index (κ1) is 20.0. The van der Waals surface area contributed by atoms with Gasteiger partial charge in [-0.25, -0.2) is 8.42 Å². The normalized spacial score (nSPS) is 11.8. The Balaban J connectivity index is 1.31. The second-order valence-corrected chi connectivity index (χ2v) is 9.41. The van der Waals surface area contributed by atoms with Gasteiger partial charge >= 0.3 is 0 Å². The van der Waals surface area contributed by atoms with Crippen LogP contribution in [-0.4, -0.2) is 34.1 Å². The number of aromatic amines is 1. The fourth-order valence-corrected chi connectivity index (χ4v) is 4.90. The first-order valence-electron chi connectivity index (χ1n) is 9.88. The van der Waals surface area contributed by atoms with Crippen molar-refractivity contribution in [1.82, 2.24) is 25.1 Å². The lowest BCUT2D eigenvalue weighted by Gasteiger charge is -2.08. The van der Waals surface area contributed by atoms with E-state index < -0.39 is 9.84 Å². The number of rotatable bonds is 5. The zero-order valence-electron chi connectivity index (χ0n) is 17.1. The summed E-state index contributed by atoms with van der Waals surface area (Å²) in [6.45, 7) is 0.272. The molecule has 0 radical (unpaired) electrons. The second-order valence-electron chi connectivity index (χ2n) is 7.46. The fraction of sp³-hybridized carbons (Fsp3) is 0.0870. The molecule has 5 aromatic rings. The van der Waals surface area contributed by atoms with E-state index >= 15 is 0 Å². The van der Waals surface area contributed by atoms with Crippen molar-refractivity contribution < 1.29 is 13.2 Å². The third kappa shape index (κ3) is 3.52. The van der Waals surface area contributed by atoms with Gasteiger partial charge in [-0.3, -0.25) is 14.5 Å². The molecule has 0 aliphatic carbocycles. The summed E-state index contributed by atoms with van der Waals surface area (Å²) in [5.74, 6) is -0.248. The smallest absolute Gasteiger partial charge is 0.267 e. The highest BCUT2D eigenvalue weighted by atomic mass is 32.2. The van der Waals surface area contributed by atoms with Crippen molar-refractivity contribution in [1.29, 1.82) is 0 Å². The van der Waals surface area contributed by atoms with Crippen LogP contribution in [0.5, 0.6) is 0 Å². The number of nitrogens with one attached hydrogen (secondary N) is 2. The highest BCUT2D eigenvalue weighted by molar-refractivity contribution is 7.91. The molecule has 0 aliphatic rings. The molecule has 1 amide bonds. The number of hydrogen-bond donors (Lipinski definition) is 2. The first-order valence-corrected chi connectivity index (χ1v) is 11.4. The third-order valence-electron chi connectivity index (χ3n) is 5.38. The molecule has 3 aromatic heterocycles. The minimum absolute atomic E-state index is 0.193. The monoisotopic (exact) mass is 445 g/mol. The molecule has 0 atom stereocenters. The standard InChI is InChI=1S/C23H19N5O3S/c1-28-22-7-6-19(10-17(22)14-26-28)32(30,31)18-4-2-15(3-5-18)12-25-23(29)21-11-16-13-24-9-8-20(16)27-21/h2-11,13-14,27H,12H2,1H3,(H,25,29). The van der Waals surface area contributed by atoms with Gasteiger partial charge in [-0.05, 0) is 48.0 Å². The van der Waals surface area contributed by atoms with E-state index in [0.29, 0.717) is 5.69 Å². The summed E-state index contributed by atoms with van der Waals surface area (Å²) in [5, 5.41) is 8.62. The maximum absolute atomic E-state index is 13.0. The van der Waals surface area contributed by atoms with Crippen LogP contribution in [0.4, 0.5) is 0 Å². The van der Waals surface area contributed by atoms with Gasteiger partial charge in [0.25, 0.3) is 5.91 Å². The topological polar surface area (TPSA) is 110 Å². The van der Waals surface area contributed by atoms with Crippen LogP contribution in [0.1, 0.15) is 16.1 Å². The molecule has 0 unspecified atom stereocenters. The maximum Gasteiger partial charge on any atom is 0.267 e. The average Bonchev–Trinajstić information content (AvgIpc) is 3.41. The summed E-state index contributed by atoms with van der Waals surface area (Å²) in [7, 11) is -1.85. The number of benzene rings is 2. The Morgan fingerprint density at radius 2 is 1.78 bits per heavy atom. The van der Waals surface area contributed by atoms with E-state index in [1.807, 2.05) is 7.05 Å². The van der Waals surface area contributed by atoms with Gasteiger partial charge in [0.15, 0.2) is 0 Å². The summed E-state index contributed by atoms with van der Waals surface area (Å²) in [4.78, 5) is 19.9. The molecule has 3 heterocycles. The van der Waals surface area contributed by atoms with Crippen molar-refractivity contribution >= 4 is 37.6 Å². The Labute approximate surface area is 183 Å². The average molecular weight is 446 g/mol. The maximum atomic E-state index is 13.0. The molecule has 0 fully saturated rings. The minimum atomic E-state index is -3.66. The number of H-pyrrole nitrogens is 1. The first-order chi connectivity index (χ1) is 15.4. The van der Waals surface area contributed by atoms with Gasteiger partial charge in [0.2, 0.25) is 9.84 Å². The third-order valence-corrected chi connectivity index (χ3v) is 7.15. The van der Waals surface area contributed by atoms with Crippen LogP contribution < -0.4 is 5.32 Å². The predicted octanol–water partition coefficient (Wildman–Crippen LogP) is 3.21. The van der Waals surface area contributed by atoms with E-state index in [1.165, 1.54) is 0 Å². The zero-order valence-corrected chi connectivity index (χ0v) is 17.9. The van der Waals surface area contributed by atoms with Gasteiger partial charge < -0.3 is 10.3 Å². The molecule has 0 aliphatic heterocycles. The van der Waals surface area contributed by atoms with Gasteiger partial charge in [-0.1, -0.05) is 12.1 Å². The Bertz CT molecular complexity index is 1530. The molecule has 9 heteroatoms.